The van der Waals surface area contributed by atoms with Crippen molar-refractivity contribution in [3.8, 4) is 0 Å². The number of benzene rings is 4. The molecule has 1 heterocycles. The number of rotatable bonds is 0. The molecule has 0 saturated carbocycles. The molecule has 2 amide bonds. The van der Waals surface area contributed by atoms with E-state index in [0.29, 0.717) is 11.1 Å². The van der Waals surface area contributed by atoms with Gasteiger partial charge in [0.1, 0.15) is 0 Å². The Bertz CT molecular complexity index is 1360. The fraction of sp³-hybridized carbons (Fsp3) is 0.0909. The minimum atomic E-state index is -0.232. The van der Waals surface area contributed by atoms with Gasteiger partial charge >= 0.3 is 0 Å². The molecule has 4 heteroatoms. The Morgan fingerprint density at radius 3 is 2.23 bits per heavy atom. The number of hydrogen-bond acceptors (Lipinski definition) is 2. The zero-order chi connectivity index (χ0) is 17.6. The van der Waals surface area contributed by atoms with E-state index in [2.05, 4.69) is 30.3 Å². The summed E-state index contributed by atoms with van der Waals surface area (Å²) >= 11 is 1.80. The number of fused-ring (bicyclic) bond motifs is 2. The van der Waals surface area contributed by atoms with E-state index < -0.39 is 0 Å². The number of aryl methyl sites for hydroxylation is 1. The second kappa shape index (κ2) is 4.82. The van der Waals surface area contributed by atoms with Crippen LogP contribution in [-0.4, -0.2) is 14.9 Å². The molecule has 0 atom stereocenters. The number of halogens is 1. The van der Waals surface area contributed by atoms with Crippen molar-refractivity contribution in [3.63, 3.8) is 0 Å². The fourth-order valence-electron chi connectivity index (χ4n) is 4.67. The Balaban J connectivity index is 1.98. The maximum absolute atomic E-state index is 12.7. The summed E-state index contributed by atoms with van der Waals surface area (Å²) in [5.74, 6) is -0.465. The number of hydrogen-bond donors (Lipinski definition) is 0. The molecule has 1 aliphatic carbocycles. The van der Waals surface area contributed by atoms with Crippen molar-refractivity contribution in [2.75, 3.05) is 0 Å². The van der Waals surface area contributed by atoms with E-state index in [1.807, 2.05) is 18.2 Å². The predicted molar refractivity (Wildman–Crippen MR) is 111 cm³/mol. The van der Waals surface area contributed by atoms with Crippen molar-refractivity contribution in [2.45, 2.75) is 12.8 Å². The first-order valence-corrected chi connectivity index (χ1v) is 9.61. The molecule has 0 spiro atoms. The molecule has 4 aromatic carbocycles. The highest BCUT2D eigenvalue weighted by atomic mass is 127. The first kappa shape index (κ1) is 14.7. The number of carbonyl (C=O) groups is 2. The summed E-state index contributed by atoms with van der Waals surface area (Å²) in [4.78, 5) is 25.4. The number of imide groups is 1. The van der Waals surface area contributed by atoms with Crippen LogP contribution in [0.2, 0.25) is 0 Å². The van der Waals surface area contributed by atoms with Crippen LogP contribution in [0.5, 0.6) is 0 Å². The van der Waals surface area contributed by atoms with Crippen LogP contribution in [0.1, 0.15) is 32.7 Å². The summed E-state index contributed by atoms with van der Waals surface area (Å²) < 4.78 is 1.19. The van der Waals surface area contributed by atoms with Crippen LogP contribution < -0.4 is 5.22 Å². The monoisotopic (exact) mass is 449 g/mol. The average Bonchev–Trinajstić information content (AvgIpc) is 2.68. The summed E-state index contributed by atoms with van der Waals surface area (Å²) in [7, 11) is 0. The Morgan fingerprint density at radius 1 is 0.769 bits per heavy atom. The molecule has 6 rings (SSSR count). The third kappa shape index (κ3) is 1.59. The molecule has 2 aliphatic rings. The maximum Gasteiger partial charge on any atom is 0.270 e. The molecule has 1 aliphatic heterocycles. The summed E-state index contributed by atoms with van der Waals surface area (Å²) in [5.41, 5.74) is 2.61. The molecule has 0 saturated heterocycles. The summed E-state index contributed by atoms with van der Waals surface area (Å²) in [6.45, 7) is 0. The molecular weight excluding hydrogens is 437 g/mol. The van der Waals surface area contributed by atoms with Crippen LogP contribution in [0, 0.1) is 0 Å². The van der Waals surface area contributed by atoms with Gasteiger partial charge < -0.3 is 0 Å². The summed E-state index contributed by atoms with van der Waals surface area (Å²) in [6.07, 6.45) is 4.38. The summed E-state index contributed by atoms with van der Waals surface area (Å²) in [6, 6.07) is 14.3. The van der Waals surface area contributed by atoms with Gasteiger partial charge in [-0.25, -0.2) is 3.11 Å². The first-order valence-electron chi connectivity index (χ1n) is 8.64. The van der Waals surface area contributed by atoms with Crippen molar-refractivity contribution in [3.05, 3.63) is 64.4 Å². The highest BCUT2D eigenvalue weighted by Gasteiger charge is 2.32. The molecule has 0 radical (unpaired) electrons. The lowest BCUT2D eigenvalue weighted by atomic mass is 9.84. The lowest BCUT2D eigenvalue weighted by Gasteiger charge is -2.24. The van der Waals surface area contributed by atoms with Crippen LogP contribution in [0.25, 0.3) is 38.4 Å². The van der Waals surface area contributed by atoms with Gasteiger partial charge in [0.15, 0.2) is 0 Å². The van der Waals surface area contributed by atoms with E-state index in [1.165, 1.54) is 24.7 Å². The van der Waals surface area contributed by atoms with E-state index in [4.69, 9.17) is 0 Å². The van der Waals surface area contributed by atoms with E-state index in [-0.39, 0.29) is 11.8 Å². The Kier molecular flexibility index (Phi) is 2.72. The molecule has 26 heavy (non-hydrogen) atoms. The van der Waals surface area contributed by atoms with Gasteiger partial charge in [-0.3, -0.25) is 9.59 Å². The molecule has 4 aromatic rings. The molecule has 0 bridgehead atoms. The largest absolute Gasteiger partial charge is 0.270 e. The fourth-order valence-corrected chi connectivity index (χ4v) is 5.19. The molecule has 124 valence electrons. The van der Waals surface area contributed by atoms with Crippen LogP contribution in [0.4, 0.5) is 0 Å². The van der Waals surface area contributed by atoms with E-state index in [0.717, 1.165) is 34.4 Å². The minimum Gasteiger partial charge on any atom is -0.268 e. The Morgan fingerprint density at radius 2 is 1.46 bits per heavy atom. The van der Waals surface area contributed by atoms with Gasteiger partial charge in [0.2, 0.25) is 0 Å². The molecule has 3 nitrogen and oxygen atoms in total. The molecule has 0 aromatic heterocycles. The standard InChI is InChI=1S/C22H12INO2/c23-24-21(25)16-9-7-14-12-5-1-3-11-4-2-6-13(18(11)12)15-8-10-17(22(24)26)20(16)19(14)15/h1,3,5-10H,2,4H2. The average molecular weight is 449 g/mol. The van der Waals surface area contributed by atoms with E-state index in [9.17, 15) is 9.59 Å². The van der Waals surface area contributed by atoms with Crippen molar-refractivity contribution in [1.82, 2.24) is 3.11 Å². The highest BCUT2D eigenvalue weighted by Crippen LogP contribution is 2.39. The smallest absolute Gasteiger partial charge is 0.268 e. The topological polar surface area (TPSA) is 37.4 Å². The third-order valence-electron chi connectivity index (χ3n) is 5.74. The Hall–Kier alpha value is -2.47. The van der Waals surface area contributed by atoms with Crippen molar-refractivity contribution >= 4 is 73.1 Å². The van der Waals surface area contributed by atoms with Crippen LogP contribution in [0.15, 0.2) is 42.5 Å². The van der Waals surface area contributed by atoms with Crippen LogP contribution in [-0.2, 0) is 6.42 Å². The van der Waals surface area contributed by atoms with Gasteiger partial charge in [0, 0.05) is 16.5 Å². The summed E-state index contributed by atoms with van der Waals surface area (Å²) in [5, 5.41) is 7.89. The normalized spacial score (nSPS) is 16.0. The lowest BCUT2D eigenvalue weighted by Crippen LogP contribution is -2.32. The first-order chi connectivity index (χ1) is 12.7. The zero-order valence-corrected chi connectivity index (χ0v) is 15.8. The lowest BCUT2D eigenvalue weighted by molar-refractivity contribution is 0.0758. The second-order valence-electron chi connectivity index (χ2n) is 6.96. The van der Waals surface area contributed by atoms with Crippen molar-refractivity contribution < 1.29 is 9.59 Å². The van der Waals surface area contributed by atoms with Crippen molar-refractivity contribution in [1.29, 1.82) is 0 Å². The Labute approximate surface area is 162 Å². The van der Waals surface area contributed by atoms with Gasteiger partial charge in [0.25, 0.3) is 11.8 Å². The highest BCUT2D eigenvalue weighted by molar-refractivity contribution is 14.1. The van der Waals surface area contributed by atoms with E-state index in [1.54, 1.807) is 22.9 Å². The quantitative estimate of drug-likeness (QED) is 0.130. The zero-order valence-electron chi connectivity index (χ0n) is 13.7. The number of carbonyl (C=O) groups excluding carboxylic acids is 2. The van der Waals surface area contributed by atoms with Gasteiger partial charge in [-0.05, 0) is 62.7 Å². The van der Waals surface area contributed by atoms with Gasteiger partial charge in [-0.15, -0.1) is 0 Å². The van der Waals surface area contributed by atoms with E-state index >= 15 is 0 Å². The van der Waals surface area contributed by atoms with Crippen LogP contribution in [0.3, 0.4) is 0 Å². The van der Waals surface area contributed by atoms with Crippen molar-refractivity contribution in [2.24, 2.45) is 0 Å². The number of nitrogens with zero attached hydrogens (tertiary/aromatic N) is 1. The molecule has 0 fully saturated rings. The maximum atomic E-state index is 12.7. The SMILES string of the molecule is O=C1c2ccc3c4c5c(cccc5c5ccc(c2c35)C(=O)N1I)CCC=4. The van der Waals surface area contributed by atoms with Gasteiger partial charge in [-0.1, -0.05) is 36.4 Å². The predicted octanol–water partition coefficient (Wildman–Crippen LogP) is 4.54. The third-order valence-corrected chi connectivity index (χ3v) is 6.62. The van der Waals surface area contributed by atoms with Gasteiger partial charge in [0.05, 0.1) is 22.9 Å². The molecular formula is C22H12INO2. The van der Waals surface area contributed by atoms with Gasteiger partial charge in [-0.2, -0.15) is 0 Å². The molecule has 0 N–H and O–H groups in total. The number of amides is 2. The second-order valence-corrected chi connectivity index (χ2v) is 7.92. The minimum absolute atomic E-state index is 0.232. The van der Waals surface area contributed by atoms with Crippen LogP contribution >= 0.6 is 22.9 Å². The molecule has 0 unspecified atom stereocenters.